The van der Waals surface area contributed by atoms with Gasteiger partial charge in [0.1, 0.15) is 5.54 Å². The average molecular weight is 372 g/mol. The SMILES string of the molecule is COC(=O)C1(NC(C)C)CCC(Sc2ccc(Br)cc2)C1. The highest BCUT2D eigenvalue weighted by Crippen LogP contribution is 2.41. The number of carbonyl (C=O) groups is 1. The minimum absolute atomic E-state index is 0.130. The molecule has 1 saturated carbocycles. The molecular weight excluding hydrogens is 350 g/mol. The van der Waals surface area contributed by atoms with Crippen molar-refractivity contribution in [3.05, 3.63) is 28.7 Å². The van der Waals surface area contributed by atoms with Crippen molar-refractivity contribution in [2.75, 3.05) is 7.11 Å². The van der Waals surface area contributed by atoms with E-state index in [9.17, 15) is 4.79 Å². The zero-order valence-electron chi connectivity index (χ0n) is 12.7. The molecule has 1 aromatic carbocycles. The summed E-state index contributed by atoms with van der Waals surface area (Å²) in [6.45, 7) is 4.14. The van der Waals surface area contributed by atoms with Crippen molar-refractivity contribution in [2.24, 2.45) is 0 Å². The van der Waals surface area contributed by atoms with Crippen LogP contribution >= 0.6 is 27.7 Å². The molecule has 0 radical (unpaired) electrons. The molecular formula is C16H22BrNO2S. The number of carbonyl (C=O) groups excluding carboxylic acids is 1. The Kier molecular flexibility index (Phi) is 5.74. The van der Waals surface area contributed by atoms with Gasteiger partial charge in [0.25, 0.3) is 0 Å². The van der Waals surface area contributed by atoms with Gasteiger partial charge in [0, 0.05) is 20.7 Å². The molecule has 21 heavy (non-hydrogen) atoms. The second-order valence-corrected chi connectivity index (χ2v) is 8.10. The predicted octanol–water partition coefficient (Wildman–Crippen LogP) is 4.00. The normalized spacial score (nSPS) is 25.3. The largest absolute Gasteiger partial charge is 0.468 e. The molecule has 0 bridgehead atoms. The highest BCUT2D eigenvalue weighted by molar-refractivity contribution is 9.10. The Bertz CT molecular complexity index is 492. The Labute approximate surface area is 139 Å². The average Bonchev–Trinajstić information content (AvgIpc) is 2.84. The molecule has 1 aromatic rings. The summed E-state index contributed by atoms with van der Waals surface area (Å²) in [5.41, 5.74) is -0.518. The summed E-state index contributed by atoms with van der Waals surface area (Å²) in [4.78, 5) is 13.5. The number of rotatable bonds is 5. The summed E-state index contributed by atoms with van der Waals surface area (Å²) in [5, 5.41) is 3.88. The number of thioether (sulfide) groups is 1. The van der Waals surface area contributed by atoms with Gasteiger partial charge in [-0.25, -0.2) is 0 Å². The van der Waals surface area contributed by atoms with Crippen molar-refractivity contribution in [2.45, 2.75) is 54.8 Å². The third-order valence-electron chi connectivity index (χ3n) is 3.73. The third kappa shape index (κ3) is 4.24. The van der Waals surface area contributed by atoms with Gasteiger partial charge in [0.2, 0.25) is 0 Å². The van der Waals surface area contributed by atoms with E-state index in [1.54, 1.807) is 0 Å². The molecule has 0 aliphatic heterocycles. The summed E-state index contributed by atoms with van der Waals surface area (Å²) in [7, 11) is 1.47. The summed E-state index contributed by atoms with van der Waals surface area (Å²) in [6, 6.07) is 8.60. The quantitative estimate of drug-likeness (QED) is 0.793. The van der Waals surface area contributed by atoms with E-state index >= 15 is 0 Å². The second kappa shape index (κ2) is 7.16. The number of esters is 1. The van der Waals surface area contributed by atoms with E-state index in [2.05, 4.69) is 59.4 Å². The van der Waals surface area contributed by atoms with Gasteiger partial charge in [-0.3, -0.25) is 10.1 Å². The first kappa shape index (κ1) is 16.8. The summed E-state index contributed by atoms with van der Waals surface area (Å²) >= 11 is 5.30. The first-order valence-corrected chi connectivity index (χ1v) is 8.91. The molecule has 1 aliphatic carbocycles. The van der Waals surface area contributed by atoms with Crippen molar-refractivity contribution in [3.8, 4) is 0 Å². The van der Waals surface area contributed by atoms with Gasteiger partial charge in [-0.1, -0.05) is 15.9 Å². The van der Waals surface area contributed by atoms with Gasteiger partial charge >= 0.3 is 5.97 Å². The van der Waals surface area contributed by atoms with Crippen LogP contribution in [0.4, 0.5) is 0 Å². The van der Waals surface area contributed by atoms with Crippen LogP contribution in [0.3, 0.4) is 0 Å². The number of hydrogen-bond donors (Lipinski definition) is 1. The molecule has 0 saturated heterocycles. The molecule has 0 spiro atoms. The molecule has 0 amide bonds. The van der Waals surface area contributed by atoms with Crippen LogP contribution in [0.1, 0.15) is 33.1 Å². The fourth-order valence-electron chi connectivity index (χ4n) is 2.93. The number of halogens is 1. The minimum atomic E-state index is -0.518. The Morgan fingerprint density at radius 3 is 2.67 bits per heavy atom. The molecule has 1 aliphatic rings. The fraction of sp³-hybridized carbons (Fsp3) is 0.562. The first-order valence-electron chi connectivity index (χ1n) is 7.23. The van der Waals surface area contributed by atoms with Gasteiger partial charge in [0.15, 0.2) is 0 Å². The number of ether oxygens (including phenoxy) is 1. The van der Waals surface area contributed by atoms with E-state index in [0.29, 0.717) is 5.25 Å². The number of hydrogen-bond acceptors (Lipinski definition) is 4. The van der Waals surface area contributed by atoms with E-state index in [-0.39, 0.29) is 12.0 Å². The topological polar surface area (TPSA) is 38.3 Å². The van der Waals surface area contributed by atoms with Gasteiger partial charge in [-0.2, -0.15) is 0 Å². The minimum Gasteiger partial charge on any atom is -0.468 e. The molecule has 2 atom stereocenters. The second-order valence-electron chi connectivity index (χ2n) is 5.81. The zero-order valence-corrected chi connectivity index (χ0v) is 15.1. The summed E-state index contributed by atoms with van der Waals surface area (Å²) in [5.74, 6) is -0.130. The lowest BCUT2D eigenvalue weighted by Gasteiger charge is -2.30. The molecule has 0 heterocycles. The van der Waals surface area contributed by atoms with Crippen molar-refractivity contribution >= 4 is 33.7 Å². The maximum Gasteiger partial charge on any atom is 0.326 e. The smallest absolute Gasteiger partial charge is 0.326 e. The van der Waals surface area contributed by atoms with E-state index in [0.717, 1.165) is 23.7 Å². The number of methoxy groups -OCH3 is 1. The van der Waals surface area contributed by atoms with E-state index in [1.807, 2.05) is 11.8 Å². The lowest BCUT2D eigenvalue weighted by molar-refractivity contribution is -0.148. The summed E-state index contributed by atoms with van der Waals surface area (Å²) < 4.78 is 6.12. The van der Waals surface area contributed by atoms with E-state index < -0.39 is 5.54 Å². The zero-order chi connectivity index (χ0) is 15.5. The molecule has 116 valence electrons. The predicted molar refractivity (Wildman–Crippen MR) is 90.7 cm³/mol. The standard InChI is InChI=1S/C16H22BrNO2S/c1-11(2)18-16(15(19)20-3)9-8-14(10-16)21-13-6-4-12(17)5-7-13/h4-7,11,14,18H,8-10H2,1-3H3. The maximum absolute atomic E-state index is 12.2. The Morgan fingerprint density at radius 1 is 1.43 bits per heavy atom. The van der Waals surface area contributed by atoms with Crippen LogP contribution < -0.4 is 5.32 Å². The van der Waals surface area contributed by atoms with Gasteiger partial charge in [0.05, 0.1) is 7.11 Å². The van der Waals surface area contributed by atoms with Crippen molar-refractivity contribution in [1.29, 1.82) is 0 Å². The molecule has 5 heteroatoms. The van der Waals surface area contributed by atoms with E-state index in [1.165, 1.54) is 12.0 Å². The van der Waals surface area contributed by atoms with E-state index in [4.69, 9.17) is 4.74 Å². The maximum atomic E-state index is 12.2. The van der Waals surface area contributed by atoms with Crippen LogP contribution in [0.5, 0.6) is 0 Å². The van der Waals surface area contributed by atoms with Gasteiger partial charge in [-0.05, 0) is 57.4 Å². The Hall–Kier alpha value is -0.520. The first-order chi connectivity index (χ1) is 9.95. The molecule has 2 unspecified atom stereocenters. The summed E-state index contributed by atoms with van der Waals surface area (Å²) in [6.07, 6.45) is 2.68. The van der Waals surface area contributed by atoms with Crippen LogP contribution in [0.2, 0.25) is 0 Å². The number of nitrogens with one attached hydrogen (secondary N) is 1. The van der Waals surface area contributed by atoms with Gasteiger partial charge in [-0.15, -0.1) is 11.8 Å². The van der Waals surface area contributed by atoms with Crippen LogP contribution in [-0.4, -0.2) is 29.9 Å². The van der Waals surface area contributed by atoms with Crippen LogP contribution in [0.15, 0.2) is 33.6 Å². The van der Waals surface area contributed by atoms with Crippen LogP contribution in [-0.2, 0) is 9.53 Å². The lowest BCUT2D eigenvalue weighted by atomic mass is 9.96. The molecule has 2 rings (SSSR count). The molecule has 0 aromatic heterocycles. The molecule has 3 nitrogen and oxygen atoms in total. The van der Waals surface area contributed by atoms with Crippen molar-refractivity contribution in [3.63, 3.8) is 0 Å². The molecule has 1 fully saturated rings. The van der Waals surface area contributed by atoms with Crippen molar-refractivity contribution < 1.29 is 9.53 Å². The third-order valence-corrected chi connectivity index (χ3v) is 5.54. The lowest BCUT2D eigenvalue weighted by Crippen LogP contribution is -2.53. The highest BCUT2D eigenvalue weighted by Gasteiger charge is 2.46. The van der Waals surface area contributed by atoms with Crippen LogP contribution in [0.25, 0.3) is 0 Å². The van der Waals surface area contributed by atoms with Gasteiger partial charge < -0.3 is 4.74 Å². The molecule has 1 N–H and O–H groups in total. The Morgan fingerprint density at radius 2 is 2.10 bits per heavy atom. The monoisotopic (exact) mass is 371 g/mol. The fourth-order valence-corrected chi connectivity index (χ4v) is 4.48. The number of benzene rings is 1. The van der Waals surface area contributed by atoms with Crippen molar-refractivity contribution in [1.82, 2.24) is 5.32 Å². The van der Waals surface area contributed by atoms with Crippen LogP contribution in [0, 0.1) is 0 Å². The Balaban J connectivity index is 2.05. The highest BCUT2D eigenvalue weighted by atomic mass is 79.9.